The quantitative estimate of drug-likeness (QED) is 0.279. The Kier molecular flexibility index (Phi) is 9.43. The van der Waals surface area contributed by atoms with Gasteiger partial charge in [-0.1, -0.05) is 25.5 Å². The fraction of sp³-hybridized carbons (Fsp3) is 0.308. The largest absolute Gasteiger partial charge is 0.598 e. The van der Waals surface area contributed by atoms with Crippen molar-refractivity contribution in [2.45, 2.75) is 38.5 Å². The lowest BCUT2D eigenvalue weighted by atomic mass is 9.89. The Morgan fingerprint density at radius 2 is 1.84 bits per heavy atom. The van der Waals surface area contributed by atoms with E-state index in [0.29, 0.717) is 28.0 Å². The van der Waals surface area contributed by atoms with Crippen LogP contribution in [-0.2, 0) is 34.2 Å². The first-order chi connectivity index (χ1) is 17.4. The molecule has 0 aliphatic rings. The first-order valence-corrected chi connectivity index (χ1v) is 14.7. The van der Waals surface area contributed by atoms with Gasteiger partial charge in [-0.05, 0) is 60.4 Å². The van der Waals surface area contributed by atoms with Crippen LogP contribution in [-0.4, -0.2) is 29.1 Å². The molecule has 0 bridgehead atoms. The van der Waals surface area contributed by atoms with Crippen molar-refractivity contribution >= 4 is 27.2 Å². The molecule has 11 heteroatoms. The van der Waals surface area contributed by atoms with E-state index in [9.17, 15) is 27.0 Å². The normalized spacial score (nSPS) is 13.4. The van der Waals surface area contributed by atoms with Crippen LogP contribution in [0.25, 0.3) is 11.1 Å². The maximum absolute atomic E-state index is 13.5. The van der Waals surface area contributed by atoms with Gasteiger partial charge in [-0.3, -0.25) is 9.59 Å². The van der Waals surface area contributed by atoms with Gasteiger partial charge in [0.2, 0.25) is 10.0 Å². The Balaban J connectivity index is 2.20. The third kappa shape index (κ3) is 7.59. The van der Waals surface area contributed by atoms with Crippen LogP contribution in [0.5, 0.6) is 0 Å². The summed E-state index contributed by atoms with van der Waals surface area (Å²) in [5.74, 6) is -0.916. The van der Waals surface area contributed by atoms with Gasteiger partial charge in [-0.2, -0.15) is 0 Å². The average Bonchev–Trinajstić information content (AvgIpc) is 2.83. The molecular weight excluding hydrogens is 517 g/mol. The molecule has 3 rings (SSSR count). The number of ketones is 1. The van der Waals surface area contributed by atoms with Gasteiger partial charge in [-0.25, -0.2) is 17.9 Å². The number of sulfonamides is 1. The number of halogens is 1. The molecule has 0 spiro atoms. The van der Waals surface area contributed by atoms with Crippen LogP contribution < -0.4 is 15.4 Å². The molecule has 3 N–H and O–H groups in total. The summed E-state index contributed by atoms with van der Waals surface area (Å²) < 4.78 is 53.9. The Morgan fingerprint density at radius 3 is 2.46 bits per heavy atom. The highest BCUT2D eigenvalue weighted by atomic mass is 32.2. The molecule has 1 heterocycles. The lowest BCUT2D eigenvalue weighted by molar-refractivity contribution is 0.103. The smallest absolute Gasteiger partial charge is 0.250 e. The van der Waals surface area contributed by atoms with Gasteiger partial charge >= 0.3 is 0 Å². The molecule has 0 unspecified atom stereocenters. The first kappa shape index (κ1) is 28.7. The molecule has 0 fully saturated rings. The summed E-state index contributed by atoms with van der Waals surface area (Å²) in [7, 11) is -2.31. The van der Waals surface area contributed by atoms with Crippen molar-refractivity contribution in [1.29, 1.82) is 0 Å². The molecule has 3 aromatic rings. The molecular formula is C26H30FN3O5S2. The fourth-order valence-corrected chi connectivity index (χ4v) is 5.75. The maximum Gasteiger partial charge on any atom is 0.250 e. The lowest BCUT2D eigenvalue weighted by Gasteiger charge is -2.21. The van der Waals surface area contributed by atoms with Gasteiger partial charge < -0.3 is 9.12 Å². The first-order valence-electron chi connectivity index (χ1n) is 11.7. The highest BCUT2D eigenvalue weighted by Gasteiger charge is 2.23. The number of aromatic nitrogens is 1. The molecule has 0 aliphatic heterocycles. The van der Waals surface area contributed by atoms with Crippen molar-refractivity contribution in [3.8, 4) is 11.1 Å². The van der Waals surface area contributed by atoms with Gasteiger partial charge in [0.1, 0.15) is 11.6 Å². The molecule has 198 valence electrons. The monoisotopic (exact) mass is 547 g/mol. The number of unbranched alkanes of at least 4 members (excludes halogenated alkanes) is 1. The zero-order chi connectivity index (χ0) is 27.3. The molecule has 0 amide bonds. The molecule has 37 heavy (non-hydrogen) atoms. The van der Waals surface area contributed by atoms with Crippen molar-refractivity contribution < 1.29 is 22.2 Å². The molecule has 8 nitrogen and oxygen atoms in total. The van der Waals surface area contributed by atoms with Crippen LogP contribution in [0.4, 0.5) is 4.39 Å². The van der Waals surface area contributed by atoms with Crippen LogP contribution in [0.3, 0.4) is 0 Å². The Morgan fingerprint density at radius 1 is 1.16 bits per heavy atom. The number of carbonyl (C=O) groups is 1. The third-order valence-corrected chi connectivity index (χ3v) is 7.82. The number of nitrogens with one attached hydrogen (secondary N) is 1. The highest BCUT2D eigenvalue weighted by molar-refractivity contribution is 7.89. The molecule has 0 aliphatic carbocycles. The number of nitrogens with zero attached hydrogens (tertiary/aromatic N) is 1. The van der Waals surface area contributed by atoms with Crippen LogP contribution >= 0.6 is 0 Å². The van der Waals surface area contributed by atoms with Crippen LogP contribution in [0.2, 0.25) is 0 Å². The lowest BCUT2D eigenvalue weighted by Crippen LogP contribution is -2.30. The topological polar surface area (TPSA) is 134 Å². The summed E-state index contributed by atoms with van der Waals surface area (Å²) in [4.78, 5) is 26.1. The summed E-state index contributed by atoms with van der Waals surface area (Å²) in [6, 6.07) is 10.5. The number of aryl methyl sites for hydroxylation is 1. The zero-order valence-corrected chi connectivity index (χ0v) is 22.5. The van der Waals surface area contributed by atoms with E-state index in [-0.39, 0.29) is 16.7 Å². The van der Waals surface area contributed by atoms with Crippen LogP contribution in [0.15, 0.2) is 59.5 Å². The van der Waals surface area contributed by atoms with Crippen molar-refractivity contribution in [2.24, 2.45) is 12.2 Å². The standard InChI is InChI=1S/C26H30FN3O5S2/c1-4-5-12-36(33)29-17(2)22-14-25(31)30(3)15-24(22)23-13-18(16-37(28,34)35)6-11-21(23)26(32)19-7-9-20(27)10-8-19/h6-11,13-15,17,29H,4-5,12,16H2,1-3H3,(H2,28,34,35)/t17-,36-/m0/s1. The fourth-order valence-electron chi connectivity index (χ4n) is 3.91. The predicted molar refractivity (Wildman–Crippen MR) is 143 cm³/mol. The Hall–Kier alpha value is -2.83. The Bertz CT molecular complexity index is 1440. The minimum atomic E-state index is -3.87. The molecule has 0 saturated heterocycles. The molecule has 2 atom stereocenters. The second kappa shape index (κ2) is 12.1. The molecule has 1 aromatic heterocycles. The Labute approximate surface area is 219 Å². The second-order valence-electron chi connectivity index (χ2n) is 8.86. The van der Waals surface area contributed by atoms with Crippen molar-refractivity contribution in [3.05, 3.63) is 93.2 Å². The van der Waals surface area contributed by atoms with E-state index < -0.39 is 44.8 Å². The highest BCUT2D eigenvalue weighted by Crippen LogP contribution is 2.33. The molecule has 2 aromatic carbocycles. The summed E-state index contributed by atoms with van der Waals surface area (Å²) in [5, 5.41) is 5.26. The van der Waals surface area contributed by atoms with Gasteiger partial charge in [0.05, 0.1) is 11.8 Å². The van der Waals surface area contributed by atoms with E-state index in [0.717, 1.165) is 12.8 Å². The van der Waals surface area contributed by atoms with E-state index in [1.165, 1.54) is 47.0 Å². The van der Waals surface area contributed by atoms with Crippen LogP contribution in [0, 0.1) is 5.82 Å². The predicted octanol–water partition coefficient (Wildman–Crippen LogP) is 3.33. The van der Waals surface area contributed by atoms with Crippen molar-refractivity contribution in [3.63, 3.8) is 0 Å². The minimum Gasteiger partial charge on any atom is -0.598 e. The van der Waals surface area contributed by atoms with Gasteiger partial charge in [0.25, 0.3) is 5.56 Å². The number of rotatable bonds is 11. The number of primary sulfonamides is 1. The van der Waals surface area contributed by atoms with Crippen molar-refractivity contribution in [2.75, 3.05) is 5.75 Å². The van der Waals surface area contributed by atoms with E-state index in [2.05, 4.69) is 4.72 Å². The SMILES string of the molecule is CCCC[S@+]([O-])N[C@@H](C)c1cc(=O)n(C)cc1-c1cc(CS(N)(=O)=O)ccc1C(=O)c1ccc(F)cc1. The van der Waals surface area contributed by atoms with E-state index >= 15 is 0 Å². The zero-order valence-electron chi connectivity index (χ0n) is 20.9. The summed E-state index contributed by atoms with van der Waals surface area (Å²) in [5.41, 5.74) is 1.85. The summed E-state index contributed by atoms with van der Waals surface area (Å²) in [6.07, 6.45) is 3.20. The van der Waals surface area contributed by atoms with Gasteiger partial charge in [0.15, 0.2) is 5.78 Å². The van der Waals surface area contributed by atoms with E-state index in [1.54, 1.807) is 26.2 Å². The van der Waals surface area contributed by atoms with Gasteiger partial charge in [0, 0.05) is 47.4 Å². The summed E-state index contributed by atoms with van der Waals surface area (Å²) in [6.45, 7) is 3.76. The maximum atomic E-state index is 13.5. The van der Waals surface area contributed by atoms with Gasteiger partial charge in [-0.15, -0.1) is 4.72 Å². The van der Waals surface area contributed by atoms with E-state index in [4.69, 9.17) is 5.14 Å². The number of nitrogens with two attached hydrogens (primary N) is 1. The number of pyridine rings is 1. The second-order valence-corrected chi connectivity index (χ2v) is 11.8. The minimum absolute atomic E-state index is 0.226. The molecule has 0 radical (unpaired) electrons. The van der Waals surface area contributed by atoms with E-state index in [1.807, 2.05) is 6.92 Å². The number of benzene rings is 2. The number of hydrogen-bond donors (Lipinski definition) is 2. The van der Waals surface area contributed by atoms with Crippen molar-refractivity contribution in [1.82, 2.24) is 9.29 Å². The molecule has 0 saturated carbocycles. The summed E-state index contributed by atoms with van der Waals surface area (Å²) >= 11 is -1.35. The van der Waals surface area contributed by atoms with Crippen LogP contribution in [0.1, 0.15) is 59.8 Å². The third-order valence-electron chi connectivity index (χ3n) is 5.81. The number of hydrogen-bond acceptors (Lipinski definition) is 6. The average molecular weight is 548 g/mol. The number of carbonyl (C=O) groups excluding carboxylic acids is 1.